The standard InChI is InChI=1S/C13H15N3/c1-13(2,14)12-8-11(15-9-16-12)10-6-4-3-5-7-10/h3-9H,14H2,1-2H3. The third-order valence-corrected chi connectivity index (χ3v) is 2.40. The van der Waals surface area contributed by atoms with Crippen LogP contribution in [-0.4, -0.2) is 9.97 Å². The van der Waals surface area contributed by atoms with Gasteiger partial charge in [-0.3, -0.25) is 0 Å². The van der Waals surface area contributed by atoms with E-state index < -0.39 is 5.54 Å². The molecule has 3 heteroatoms. The van der Waals surface area contributed by atoms with Gasteiger partial charge in [-0.25, -0.2) is 9.97 Å². The molecule has 1 aromatic heterocycles. The van der Waals surface area contributed by atoms with Gasteiger partial charge in [0.15, 0.2) is 0 Å². The van der Waals surface area contributed by atoms with Gasteiger partial charge in [0, 0.05) is 5.56 Å². The van der Waals surface area contributed by atoms with Crippen LogP contribution in [0.5, 0.6) is 0 Å². The van der Waals surface area contributed by atoms with Crippen LogP contribution >= 0.6 is 0 Å². The van der Waals surface area contributed by atoms with Crippen LogP contribution in [0.25, 0.3) is 11.3 Å². The second kappa shape index (κ2) is 4.02. The summed E-state index contributed by atoms with van der Waals surface area (Å²) in [6.07, 6.45) is 1.56. The Bertz CT molecular complexity index is 472. The van der Waals surface area contributed by atoms with E-state index in [0.29, 0.717) is 0 Å². The van der Waals surface area contributed by atoms with E-state index in [1.807, 2.05) is 50.2 Å². The molecule has 1 aromatic carbocycles. The minimum atomic E-state index is -0.438. The molecular weight excluding hydrogens is 198 g/mol. The Morgan fingerprint density at radius 2 is 1.75 bits per heavy atom. The third kappa shape index (κ3) is 2.25. The van der Waals surface area contributed by atoms with Crippen LogP contribution in [-0.2, 0) is 5.54 Å². The van der Waals surface area contributed by atoms with Crippen molar-refractivity contribution in [1.82, 2.24) is 9.97 Å². The zero-order chi connectivity index (χ0) is 11.6. The lowest BCUT2D eigenvalue weighted by atomic mass is 10.0. The van der Waals surface area contributed by atoms with Crippen LogP contribution in [0.1, 0.15) is 19.5 Å². The fourth-order valence-corrected chi connectivity index (χ4v) is 1.48. The topological polar surface area (TPSA) is 51.8 Å². The Kier molecular flexibility index (Phi) is 2.71. The summed E-state index contributed by atoms with van der Waals surface area (Å²) in [4.78, 5) is 8.46. The molecule has 2 aromatic rings. The van der Waals surface area contributed by atoms with Crippen LogP contribution < -0.4 is 5.73 Å². The highest BCUT2D eigenvalue weighted by Crippen LogP contribution is 2.20. The molecule has 0 atom stereocenters. The number of nitrogens with two attached hydrogens (primary N) is 1. The van der Waals surface area contributed by atoms with Crippen molar-refractivity contribution >= 4 is 0 Å². The van der Waals surface area contributed by atoms with Crippen LogP contribution in [0.3, 0.4) is 0 Å². The molecule has 0 aliphatic rings. The van der Waals surface area contributed by atoms with Gasteiger partial charge in [-0.15, -0.1) is 0 Å². The highest BCUT2D eigenvalue weighted by molar-refractivity contribution is 5.58. The van der Waals surface area contributed by atoms with E-state index in [1.54, 1.807) is 6.33 Å². The minimum absolute atomic E-state index is 0.438. The van der Waals surface area contributed by atoms with Gasteiger partial charge in [-0.05, 0) is 19.9 Å². The lowest BCUT2D eigenvalue weighted by Crippen LogP contribution is -2.29. The highest BCUT2D eigenvalue weighted by atomic mass is 14.9. The zero-order valence-electron chi connectivity index (χ0n) is 9.51. The third-order valence-electron chi connectivity index (χ3n) is 2.40. The lowest BCUT2D eigenvalue weighted by Gasteiger charge is -2.17. The van der Waals surface area contributed by atoms with Crippen molar-refractivity contribution in [3.05, 3.63) is 48.4 Å². The van der Waals surface area contributed by atoms with Gasteiger partial charge in [0.25, 0.3) is 0 Å². The molecule has 0 aliphatic carbocycles. The minimum Gasteiger partial charge on any atom is -0.321 e. The molecule has 0 spiro atoms. The molecule has 3 nitrogen and oxygen atoms in total. The Hall–Kier alpha value is -1.74. The Balaban J connectivity index is 2.45. The monoisotopic (exact) mass is 213 g/mol. The van der Waals surface area contributed by atoms with Crippen molar-refractivity contribution < 1.29 is 0 Å². The first-order valence-corrected chi connectivity index (χ1v) is 5.24. The second-order valence-electron chi connectivity index (χ2n) is 4.38. The fraction of sp³-hybridized carbons (Fsp3) is 0.231. The Morgan fingerprint density at radius 3 is 2.38 bits per heavy atom. The SMILES string of the molecule is CC(C)(N)c1cc(-c2ccccc2)ncn1. The van der Waals surface area contributed by atoms with E-state index in [0.717, 1.165) is 17.0 Å². The van der Waals surface area contributed by atoms with Gasteiger partial charge < -0.3 is 5.73 Å². The lowest BCUT2D eigenvalue weighted by molar-refractivity contribution is 0.534. The summed E-state index contributed by atoms with van der Waals surface area (Å²) in [5.74, 6) is 0. The maximum Gasteiger partial charge on any atom is 0.116 e. The van der Waals surface area contributed by atoms with Gasteiger partial charge >= 0.3 is 0 Å². The first-order chi connectivity index (χ1) is 7.57. The molecule has 0 aliphatic heterocycles. The molecule has 82 valence electrons. The smallest absolute Gasteiger partial charge is 0.116 e. The second-order valence-corrected chi connectivity index (χ2v) is 4.38. The van der Waals surface area contributed by atoms with Crippen LogP contribution in [0.2, 0.25) is 0 Å². The van der Waals surface area contributed by atoms with Gasteiger partial charge in [0.2, 0.25) is 0 Å². The molecule has 0 unspecified atom stereocenters. The molecule has 2 rings (SSSR count). The summed E-state index contributed by atoms with van der Waals surface area (Å²) < 4.78 is 0. The molecule has 1 heterocycles. The molecule has 0 radical (unpaired) electrons. The summed E-state index contributed by atoms with van der Waals surface area (Å²) in [7, 11) is 0. The maximum atomic E-state index is 6.01. The molecular formula is C13H15N3. The molecule has 0 saturated carbocycles. The van der Waals surface area contributed by atoms with E-state index >= 15 is 0 Å². The van der Waals surface area contributed by atoms with E-state index in [9.17, 15) is 0 Å². The number of hydrogen-bond acceptors (Lipinski definition) is 3. The van der Waals surface area contributed by atoms with Crippen molar-refractivity contribution in [1.29, 1.82) is 0 Å². The summed E-state index contributed by atoms with van der Waals surface area (Å²) in [6, 6.07) is 12.0. The molecule has 0 saturated heterocycles. The van der Waals surface area contributed by atoms with Crippen molar-refractivity contribution in [3.8, 4) is 11.3 Å². The number of benzene rings is 1. The Morgan fingerprint density at radius 1 is 1.06 bits per heavy atom. The highest BCUT2D eigenvalue weighted by Gasteiger charge is 2.16. The fourth-order valence-electron chi connectivity index (χ4n) is 1.48. The first-order valence-electron chi connectivity index (χ1n) is 5.24. The maximum absolute atomic E-state index is 6.01. The number of rotatable bonds is 2. The summed E-state index contributed by atoms with van der Waals surface area (Å²) >= 11 is 0. The van der Waals surface area contributed by atoms with E-state index in [4.69, 9.17) is 5.73 Å². The van der Waals surface area contributed by atoms with Gasteiger partial charge in [0.05, 0.1) is 16.9 Å². The summed E-state index contributed by atoms with van der Waals surface area (Å²) in [5.41, 5.74) is 8.41. The average molecular weight is 213 g/mol. The Labute approximate surface area is 95.4 Å². The van der Waals surface area contributed by atoms with Gasteiger partial charge in [-0.2, -0.15) is 0 Å². The van der Waals surface area contributed by atoms with E-state index in [2.05, 4.69) is 9.97 Å². The van der Waals surface area contributed by atoms with Gasteiger partial charge in [-0.1, -0.05) is 30.3 Å². The average Bonchev–Trinajstić information content (AvgIpc) is 2.29. The van der Waals surface area contributed by atoms with Crippen molar-refractivity contribution in [2.24, 2.45) is 5.73 Å². The quantitative estimate of drug-likeness (QED) is 0.833. The zero-order valence-corrected chi connectivity index (χ0v) is 9.51. The molecule has 0 bridgehead atoms. The van der Waals surface area contributed by atoms with E-state index in [1.165, 1.54) is 0 Å². The normalized spacial score (nSPS) is 11.4. The predicted octanol–water partition coefficient (Wildman–Crippen LogP) is 2.34. The van der Waals surface area contributed by atoms with E-state index in [-0.39, 0.29) is 0 Å². The van der Waals surface area contributed by atoms with Crippen LogP contribution in [0.4, 0.5) is 0 Å². The summed E-state index contributed by atoms with van der Waals surface area (Å²) in [6.45, 7) is 3.87. The molecule has 2 N–H and O–H groups in total. The molecule has 0 fully saturated rings. The van der Waals surface area contributed by atoms with Crippen molar-refractivity contribution in [3.63, 3.8) is 0 Å². The largest absolute Gasteiger partial charge is 0.321 e. The first kappa shape index (κ1) is 10.8. The predicted molar refractivity (Wildman–Crippen MR) is 64.7 cm³/mol. The molecule has 16 heavy (non-hydrogen) atoms. The number of nitrogens with zero attached hydrogens (tertiary/aromatic N) is 2. The van der Waals surface area contributed by atoms with Crippen LogP contribution in [0, 0.1) is 0 Å². The van der Waals surface area contributed by atoms with Gasteiger partial charge in [0.1, 0.15) is 6.33 Å². The molecule has 0 amide bonds. The van der Waals surface area contributed by atoms with Crippen molar-refractivity contribution in [2.75, 3.05) is 0 Å². The van der Waals surface area contributed by atoms with Crippen molar-refractivity contribution in [2.45, 2.75) is 19.4 Å². The number of aromatic nitrogens is 2. The number of hydrogen-bond donors (Lipinski definition) is 1. The van der Waals surface area contributed by atoms with Crippen LogP contribution in [0.15, 0.2) is 42.7 Å². The summed E-state index contributed by atoms with van der Waals surface area (Å²) in [5, 5.41) is 0.